The molecule has 68 valence electrons. The van der Waals surface area contributed by atoms with E-state index < -0.39 is 12.9 Å². The van der Waals surface area contributed by atoms with E-state index in [1.54, 1.807) is 0 Å². The summed E-state index contributed by atoms with van der Waals surface area (Å²) in [5.74, 6) is -0.459. The molecule has 1 aromatic carbocycles. The predicted molar refractivity (Wildman–Crippen MR) is 44.7 cm³/mol. The lowest BCUT2D eigenvalue weighted by atomic mass is 9.79. The highest BCUT2D eigenvalue weighted by molar-refractivity contribution is 6.61. The fourth-order valence-corrected chi connectivity index (χ4v) is 1.41. The lowest BCUT2D eigenvalue weighted by Gasteiger charge is -2.02. The van der Waals surface area contributed by atoms with Crippen LogP contribution in [0.5, 0.6) is 0 Å². The van der Waals surface area contributed by atoms with Gasteiger partial charge in [0.25, 0.3) is 0 Å². The summed E-state index contributed by atoms with van der Waals surface area (Å²) in [7, 11) is -0.985. The first kappa shape index (κ1) is 8.68. The summed E-state index contributed by atoms with van der Waals surface area (Å²) in [5, 5.41) is 18.0. The molecule has 1 aliphatic rings. The molecule has 1 aromatic rings. The second kappa shape index (κ2) is 3.10. The zero-order valence-corrected chi connectivity index (χ0v) is 6.83. The van der Waals surface area contributed by atoms with E-state index in [4.69, 9.17) is 9.76 Å². The van der Waals surface area contributed by atoms with Crippen LogP contribution in [0.2, 0.25) is 0 Å². The molecule has 2 rings (SSSR count). The van der Waals surface area contributed by atoms with E-state index in [1.807, 2.05) is 0 Å². The van der Waals surface area contributed by atoms with Crippen molar-refractivity contribution in [1.29, 1.82) is 0 Å². The molecule has 1 heterocycles. The molecular weight excluding hydrogens is 174 g/mol. The zero-order chi connectivity index (χ0) is 9.42. The van der Waals surface area contributed by atoms with Crippen LogP contribution in [0.4, 0.5) is 4.39 Å². The third-order valence-corrected chi connectivity index (χ3v) is 2.14. The van der Waals surface area contributed by atoms with E-state index in [0.717, 1.165) is 0 Å². The third-order valence-electron chi connectivity index (χ3n) is 2.14. The van der Waals surface area contributed by atoms with E-state index in [2.05, 4.69) is 0 Å². The molecule has 5 heteroatoms. The first-order valence-electron chi connectivity index (χ1n) is 3.94. The molecule has 0 bridgehead atoms. The van der Waals surface area contributed by atoms with Crippen LogP contribution in [0.3, 0.4) is 0 Å². The molecule has 2 N–H and O–H groups in total. The van der Waals surface area contributed by atoms with Crippen molar-refractivity contribution in [2.45, 2.75) is 13.2 Å². The second-order valence-corrected chi connectivity index (χ2v) is 2.96. The molecule has 0 atom stereocenters. The van der Waals surface area contributed by atoms with Crippen molar-refractivity contribution in [1.82, 2.24) is 0 Å². The van der Waals surface area contributed by atoms with Gasteiger partial charge in [0.1, 0.15) is 5.82 Å². The van der Waals surface area contributed by atoms with Gasteiger partial charge < -0.3 is 14.8 Å². The quantitative estimate of drug-likeness (QED) is 0.577. The predicted octanol–water partition coefficient (Wildman–Crippen LogP) is -0.464. The van der Waals surface area contributed by atoms with Crippen molar-refractivity contribution in [2.24, 2.45) is 0 Å². The minimum Gasteiger partial charge on any atom is -0.423 e. The van der Waals surface area contributed by atoms with Gasteiger partial charge in [-0.25, -0.2) is 4.39 Å². The van der Waals surface area contributed by atoms with Gasteiger partial charge in [0, 0.05) is 5.56 Å². The maximum atomic E-state index is 13.1. The number of rotatable bonds is 1. The summed E-state index contributed by atoms with van der Waals surface area (Å²) in [6.45, 7) is -0.148. The number of aliphatic hydroxyl groups excluding tert-OH is 1. The van der Waals surface area contributed by atoms with Crippen molar-refractivity contribution < 1.29 is 19.2 Å². The molecule has 3 nitrogen and oxygen atoms in total. The Bertz CT molecular complexity index is 342. The Morgan fingerprint density at radius 1 is 1.54 bits per heavy atom. The SMILES string of the molecule is OCc1cc2c(cc1F)COB2O. The van der Waals surface area contributed by atoms with Crippen LogP contribution in [0, 0.1) is 5.82 Å². The highest BCUT2D eigenvalue weighted by Crippen LogP contribution is 2.14. The minimum absolute atomic E-state index is 0.184. The standard InChI is InChI=1S/C8H8BFO3/c10-8-2-6-4-13-9(12)7(6)1-5(8)3-11/h1-2,11-12H,3-4H2. The van der Waals surface area contributed by atoms with Crippen LogP contribution in [-0.4, -0.2) is 17.2 Å². The highest BCUT2D eigenvalue weighted by atomic mass is 19.1. The minimum atomic E-state index is -0.985. The highest BCUT2D eigenvalue weighted by Gasteiger charge is 2.28. The second-order valence-electron chi connectivity index (χ2n) is 2.96. The Morgan fingerprint density at radius 2 is 2.31 bits per heavy atom. The Morgan fingerprint density at radius 3 is 3.00 bits per heavy atom. The molecule has 0 amide bonds. The molecular formula is C8H8BFO3. The number of fused-ring (bicyclic) bond motifs is 1. The molecule has 0 radical (unpaired) electrons. The van der Waals surface area contributed by atoms with Gasteiger partial charge in [0.05, 0.1) is 13.2 Å². The molecule has 1 aliphatic heterocycles. The number of hydrogen-bond acceptors (Lipinski definition) is 3. The Hall–Kier alpha value is -0.905. The zero-order valence-electron chi connectivity index (χ0n) is 6.83. The molecule has 13 heavy (non-hydrogen) atoms. The summed E-state index contributed by atoms with van der Waals surface area (Å²) in [5.41, 5.74) is 1.37. The average molecular weight is 182 g/mol. The van der Waals surface area contributed by atoms with Crippen LogP contribution >= 0.6 is 0 Å². The van der Waals surface area contributed by atoms with Gasteiger partial charge in [-0.2, -0.15) is 0 Å². The van der Waals surface area contributed by atoms with E-state index in [0.29, 0.717) is 11.0 Å². The fraction of sp³-hybridized carbons (Fsp3) is 0.250. The van der Waals surface area contributed by atoms with Gasteiger partial charge in [0.2, 0.25) is 0 Å². The average Bonchev–Trinajstić information content (AvgIpc) is 2.46. The maximum absolute atomic E-state index is 13.1. The van der Waals surface area contributed by atoms with Gasteiger partial charge in [0.15, 0.2) is 0 Å². The molecule has 0 aromatic heterocycles. The van der Waals surface area contributed by atoms with Crippen molar-refractivity contribution in [3.63, 3.8) is 0 Å². The number of halogens is 1. The summed E-state index contributed by atoms with van der Waals surface area (Å²) in [4.78, 5) is 0. The van der Waals surface area contributed by atoms with E-state index in [1.165, 1.54) is 12.1 Å². The largest absolute Gasteiger partial charge is 0.491 e. The smallest absolute Gasteiger partial charge is 0.423 e. The van der Waals surface area contributed by atoms with E-state index >= 15 is 0 Å². The topological polar surface area (TPSA) is 49.7 Å². The van der Waals surface area contributed by atoms with Crippen molar-refractivity contribution in [3.05, 3.63) is 29.1 Å². The van der Waals surface area contributed by atoms with Crippen molar-refractivity contribution >= 4 is 12.6 Å². The van der Waals surface area contributed by atoms with Crippen molar-refractivity contribution in [2.75, 3.05) is 0 Å². The van der Waals surface area contributed by atoms with Gasteiger partial charge in [-0.05, 0) is 17.1 Å². The third kappa shape index (κ3) is 1.35. The monoisotopic (exact) mass is 182 g/mol. The number of benzene rings is 1. The van der Waals surface area contributed by atoms with E-state index in [9.17, 15) is 9.41 Å². The van der Waals surface area contributed by atoms with Gasteiger partial charge in [-0.3, -0.25) is 0 Å². The van der Waals surface area contributed by atoms with Crippen LogP contribution in [0.1, 0.15) is 11.1 Å². The van der Waals surface area contributed by atoms with Crippen LogP contribution in [0.25, 0.3) is 0 Å². The van der Waals surface area contributed by atoms with Gasteiger partial charge in [-0.1, -0.05) is 6.07 Å². The van der Waals surface area contributed by atoms with Gasteiger partial charge in [-0.15, -0.1) is 0 Å². The maximum Gasteiger partial charge on any atom is 0.491 e. The first-order valence-corrected chi connectivity index (χ1v) is 3.94. The van der Waals surface area contributed by atoms with Crippen molar-refractivity contribution in [3.8, 4) is 0 Å². The summed E-state index contributed by atoms with van der Waals surface area (Å²) in [6, 6.07) is 2.72. The molecule has 0 spiro atoms. The van der Waals surface area contributed by atoms with Crippen LogP contribution in [0.15, 0.2) is 12.1 Å². The van der Waals surface area contributed by atoms with E-state index in [-0.39, 0.29) is 18.8 Å². The molecule has 0 saturated heterocycles. The molecule has 0 aliphatic carbocycles. The Balaban J connectivity index is 2.51. The summed E-state index contributed by atoms with van der Waals surface area (Å²) >= 11 is 0. The molecule has 0 saturated carbocycles. The molecule has 0 unspecified atom stereocenters. The Kier molecular flexibility index (Phi) is 2.07. The van der Waals surface area contributed by atoms with Crippen LogP contribution in [-0.2, 0) is 17.9 Å². The lowest BCUT2D eigenvalue weighted by molar-refractivity contribution is 0.274. The molecule has 0 fully saturated rings. The van der Waals surface area contributed by atoms with Crippen LogP contribution < -0.4 is 5.46 Å². The Labute approximate surface area is 74.9 Å². The fourth-order valence-electron chi connectivity index (χ4n) is 1.41. The number of aliphatic hydroxyl groups is 1. The summed E-state index contributed by atoms with van der Waals surface area (Å²) in [6.07, 6.45) is 0. The number of hydrogen-bond donors (Lipinski definition) is 2. The first-order chi connectivity index (χ1) is 6.22. The lowest BCUT2D eigenvalue weighted by Crippen LogP contribution is -2.28. The normalized spacial score (nSPS) is 14.8. The summed E-state index contributed by atoms with van der Waals surface area (Å²) < 4.78 is 18.0. The van der Waals surface area contributed by atoms with Gasteiger partial charge >= 0.3 is 7.12 Å².